The average Bonchev–Trinajstić information content (AvgIpc) is 3.12. The maximum Gasteiger partial charge on any atom is 0.319 e. The summed E-state index contributed by atoms with van der Waals surface area (Å²) in [5, 5.41) is 5.73. The first-order valence-corrected chi connectivity index (χ1v) is 10.2. The van der Waals surface area contributed by atoms with Crippen LogP contribution in [0.5, 0.6) is 11.5 Å². The van der Waals surface area contributed by atoms with Crippen LogP contribution in [0.4, 0.5) is 16.2 Å². The molecular weight excluding hydrogens is 382 g/mol. The van der Waals surface area contributed by atoms with Gasteiger partial charge < -0.3 is 25.0 Å². The minimum Gasteiger partial charge on any atom is -0.493 e. The van der Waals surface area contributed by atoms with E-state index in [4.69, 9.17) is 9.47 Å². The van der Waals surface area contributed by atoms with Crippen LogP contribution in [0.1, 0.15) is 31.7 Å². The van der Waals surface area contributed by atoms with Gasteiger partial charge >= 0.3 is 6.03 Å². The molecule has 0 aromatic heterocycles. The summed E-state index contributed by atoms with van der Waals surface area (Å²) in [5.74, 6) is 1.11. The first kappa shape index (κ1) is 21.5. The number of carbonyl (C=O) groups is 2. The fourth-order valence-corrected chi connectivity index (χ4v) is 3.53. The lowest BCUT2D eigenvalue weighted by molar-refractivity contribution is -0.117. The molecule has 0 bridgehead atoms. The van der Waals surface area contributed by atoms with Crippen molar-refractivity contribution in [1.29, 1.82) is 0 Å². The third-order valence-corrected chi connectivity index (χ3v) is 5.17. The van der Waals surface area contributed by atoms with Gasteiger partial charge in [0.2, 0.25) is 5.91 Å². The number of aryl methyl sites for hydroxylation is 1. The number of urea groups is 1. The largest absolute Gasteiger partial charge is 0.493 e. The first-order chi connectivity index (χ1) is 14.5. The molecule has 3 amide bonds. The van der Waals surface area contributed by atoms with Crippen molar-refractivity contribution in [2.24, 2.45) is 0 Å². The van der Waals surface area contributed by atoms with Crippen LogP contribution >= 0.6 is 0 Å². The standard InChI is InChI=1S/C23H29N3O4/c1-4-5-6-16-7-9-17(10-8-16)24-23(28)25-18-13-22(27)26(15-18)19-11-12-20(29-2)21(14-19)30-3/h7-12,14,18H,4-6,13,15H2,1-3H3,(H2,24,25,28)/t18-/m0/s1. The van der Waals surface area contributed by atoms with Gasteiger partial charge in [0, 0.05) is 30.4 Å². The van der Waals surface area contributed by atoms with Crippen molar-refractivity contribution in [3.8, 4) is 11.5 Å². The Kier molecular flexibility index (Phi) is 7.17. The van der Waals surface area contributed by atoms with Crippen LogP contribution in [0.2, 0.25) is 0 Å². The Morgan fingerprint density at radius 2 is 1.83 bits per heavy atom. The normalized spacial score (nSPS) is 15.8. The van der Waals surface area contributed by atoms with Crippen molar-refractivity contribution >= 4 is 23.3 Å². The summed E-state index contributed by atoms with van der Waals surface area (Å²) < 4.78 is 10.6. The number of ether oxygens (including phenoxy) is 2. The van der Waals surface area contributed by atoms with Gasteiger partial charge in [-0.3, -0.25) is 4.79 Å². The molecule has 2 aromatic carbocycles. The van der Waals surface area contributed by atoms with E-state index in [1.54, 1.807) is 31.3 Å². The Bertz CT molecular complexity index is 883. The smallest absolute Gasteiger partial charge is 0.319 e. The number of benzene rings is 2. The van der Waals surface area contributed by atoms with Gasteiger partial charge in [0.15, 0.2) is 11.5 Å². The Morgan fingerprint density at radius 1 is 1.10 bits per heavy atom. The van der Waals surface area contributed by atoms with Crippen molar-refractivity contribution in [2.75, 3.05) is 31.0 Å². The molecule has 160 valence electrons. The van der Waals surface area contributed by atoms with Crippen LogP contribution in [-0.4, -0.2) is 38.7 Å². The summed E-state index contributed by atoms with van der Waals surface area (Å²) in [6.45, 7) is 2.57. The molecule has 1 aliphatic rings. The number of nitrogens with zero attached hydrogens (tertiary/aromatic N) is 1. The highest BCUT2D eigenvalue weighted by atomic mass is 16.5. The highest BCUT2D eigenvalue weighted by Gasteiger charge is 2.32. The second-order valence-electron chi connectivity index (χ2n) is 7.34. The molecule has 2 N–H and O–H groups in total. The Hall–Kier alpha value is -3.22. The van der Waals surface area contributed by atoms with Gasteiger partial charge in [-0.15, -0.1) is 0 Å². The second-order valence-corrected chi connectivity index (χ2v) is 7.34. The molecule has 1 fully saturated rings. The van der Waals surface area contributed by atoms with E-state index in [9.17, 15) is 9.59 Å². The molecule has 7 nitrogen and oxygen atoms in total. The summed E-state index contributed by atoms with van der Waals surface area (Å²) in [6.07, 6.45) is 3.60. The molecule has 30 heavy (non-hydrogen) atoms. The lowest BCUT2D eigenvalue weighted by atomic mass is 10.1. The van der Waals surface area contributed by atoms with Crippen molar-refractivity contribution in [3.05, 3.63) is 48.0 Å². The lowest BCUT2D eigenvalue weighted by Crippen LogP contribution is -2.39. The first-order valence-electron chi connectivity index (χ1n) is 10.2. The van der Waals surface area contributed by atoms with Crippen molar-refractivity contribution < 1.29 is 19.1 Å². The summed E-state index contributed by atoms with van der Waals surface area (Å²) in [5.41, 5.74) is 2.70. The van der Waals surface area contributed by atoms with Crippen LogP contribution in [0.25, 0.3) is 0 Å². The maximum atomic E-state index is 12.5. The maximum absolute atomic E-state index is 12.5. The SMILES string of the molecule is CCCCc1ccc(NC(=O)N[C@H]2CC(=O)N(c3ccc(OC)c(OC)c3)C2)cc1. The lowest BCUT2D eigenvalue weighted by Gasteiger charge is -2.19. The molecule has 0 unspecified atom stereocenters. The number of hydrogen-bond donors (Lipinski definition) is 2. The third-order valence-electron chi connectivity index (χ3n) is 5.17. The molecule has 0 aliphatic carbocycles. The molecule has 1 heterocycles. The van der Waals surface area contributed by atoms with E-state index in [1.165, 1.54) is 5.56 Å². The molecule has 3 rings (SSSR count). The van der Waals surface area contributed by atoms with Gasteiger partial charge in [-0.05, 0) is 42.7 Å². The highest BCUT2D eigenvalue weighted by molar-refractivity contribution is 5.98. The molecule has 0 saturated carbocycles. The number of hydrogen-bond acceptors (Lipinski definition) is 4. The zero-order valence-corrected chi connectivity index (χ0v) is 17.7. The van der Waals surface area contributed by atoms with E-state index in [0.717, 1.165) is 24.9 Å². The van der Waals surface area contributed by atoms with Gasteiger partial charge in [-0.25, -0.2) is 4.79 Å². The summed E-state index contributed by atoms with van der Waals surface area (Å²) in [6, 6.07) is 12.6. The molecule has 2 aromatic rings. The van der Waals surface area contributed by atoms with Crippen LogP contribution in [0.3, 0.4) is 0 Å². The summed E-state index contributed by atoms with van der Waals surface area (Å²) in [7, 11) is 3.12. The van der Waals surface area contributed by atoms with Gasteiger partial charge in [0.25, 0.3) is 0 Å². The predicted molar refractivity (Wildman–Crippen MR) is 118 cm³/mol. The van der Waals surface area contributed by atoms with E-state index in [-0.39, 0.29) is 24.4 Å². The number of anilines is 2. The number of rotatable bonds is 8. The average molecular weight is 412 g/mol. The Labute approximate surface area is 177 Å². The van der Waals surface area contributed by atoms with Crippen molar-refractivity contribution in [3.63, 3.8) is 0 Å². The minimum atomic E-state index is -0.316. The van der Waals surface area contributed by atoms with Crippen molar-refractivity contribution in [2.45, 2.75) is 38.6 Å². The highest BCUT2D eigenvalue weighted by Crippen LogP contribution is 2.33. The van der Waals surface area contributed by atoms with E-state index in [0.29, 0.717) is 23.7 Å². The molecule has 0 radical (unpaired) electrons. The third kappa shape index (κ3) is 5.23. The summed E-state index contributed by atoms with van der Waals surface area (Å²) in [4.78, 5) is 26.5. The minimum absolute atomic E-state index is 0.0483. The number of carbonyl (C=O) groups excluding carboxylic acids is 2. The molecule has 1 saturated heterocycles. The van der Waals surface area contributed by atoms with Crippen LogP contribution < -0.4 is 25.0 Å². The molecule has 1 atom stereocenters. The summed E-state index contributed by atoms with van der Waals surface area (Å²) >= 11 is 0. The Morgan fingerprint density at radius 3 is 2.50 bits per heavy atom. The molecule has 1 aliphatic heterocycles. The Balaban J connectivity index is 1.57. The van der Waals surface area contributed by atoms with Crippen molar-refractivity contribution in [1.82, 2.24) is 5.32 Å². The van der Waals surface area contributed by atoms with Gasteiger partial charge in [-0.2, -0.15) is 0 Å². The van der Waals surface area contributed by atoms with Crippen LogP contribution in [-0.2, 0) is 11.2 Å². The molecule has 0 spiro atoms. The second kappa shape index (κ2) is 10.0. The molecule has 7 heteroatoms. The zero-order chi connectivity index (χ0) is 21.5. The predicted octanol–water partition coefficient (Wildman–Crippen LogP) is 3.97. The van der Waals surface area contributed by atoms with E-state index < -0.39 is 0 Å². The van der Waals surface area contributed by atoms with Gasteiger partial charge in [0.05, 0.1) is 20.3 Å². The van der Waals surface area contributed by atoms with E-state index in [2.05, 4.69) is 17.6 Å². The monoisotopic (exact) mass is 411 g/mol. The van der Waals surface area contributed by atoms with Gasteiger partial charge in [-0.1, -0.05) is 25.5 Å². The number of methoxy groups -OCH3 is 2. The van der Waals surface area contributed by atoms with Crippen LogP contribution in [0, 0.1) is 0 Å². The number of nitrogens with one attached hydrogen (secondary N) is 2. The van der Waals surface area contributed by atoms with E-state index >= 15 is 0 Å². The number of unbranched alkanes of at least 4 members (excludes halogenated alkanes) is 1. The van der Waals surface area contributed by atoms with E-state index in [1.807, 2.05) is 30.3 Å². The van der Waals surface area contributed by atoms with Crippen LogP contribution in [0.15, 0.2) is 42.5 Å². The zero-order valence-electron chi connectivity index (χ0n) is 17.7. The quantitative estimate of drug-likeness (QED) is 0.689. The topological polar surface area (TPSA) is 79.9 Å². The molecular formula is C23H29N3O4. The fraction of sp³-hybridized carbons (Fsp3) is 0.391. The fourth-order valence-electron chi connectivity index (χ4n) is 3.53. The van der Waals surface area contributed by atoms with Gasteiger partial charge in [0.1, 0.15) is 0 Å². The number of amides is 3.